The Labute approximate surface area is 196 Å². The van der Waals surface area contributed by atoms with Crippen LogP contribution in [0.5, 0.6) is 5.75 Å². The SMILES string of the molecule is CCOC(=O)c1[nH]c2ccc(OC)cc2c1NC(=O)[C@H](C)[NH+]1CCN(C(=O)c2ccco2)CC1. The summed E-state index contributed by atoms with van der Waals surface area (Å²) in [6.07, 6.45) is 1.48. The van der Waals surface area contributed by atoms with Crippen molar-refractivity contribution in [3.8, 4) is 5.75 Å². The Balaban J connectivity index is 1.48. The third-order valence-corrected chi connectivity index (χ3v) is 6.16. The van der Waals surface area contributed by atoms with Gasteiger partial charge in [0.05, 0.1) is 51.8 Å². The molecule has 10 heteroatoms. The molecular formula is C24H29N4O6+. The number of hydrogen-bond acceptors (Lipinski definition) is 6. The number of rotatable bonds is 7. The number of fused-ring (bicyclic) bond motifs is 1. The quantitative estimate of drug-likeness (QED) is 0.449. The van der Waals surface area contributed by atoms with Gasteiger partial charge in [-0.15, -0.1) is 0 Å². The number of carbonyl (C=O) groups excluding carboxylic acids is 3. The number of benzene rings is 1. The molecule has 1 aliphatic heterocycles. The van der Waals surface area contributed by atoms with Crippen molar-refractivity contribution in [1.29, 1.82) is 0 Å². The van der Waals surface area contributed by atoms with Crippen LogP contribution in [0.3, 0.4) is 0 Å². The Bertz CT molecular complexity index is 1180. The van der Waals surface area contributed by atoms with E-state index in [1.807, 2.05) is 6.92 Å². The normalized spacial score (nSPS) is 15.2. The molecule has 180 valence electrons. The van der Waals surface area contributed by atoms with E-state index in [1.165, 1.54) is 6.26 Å². The van der Waals surface area contributed by atoms with Gasteiger partial charge in [0.2, 0.25) is 0 Å². The number of quaternary nitrogens is 1. The van der Waals surface area contributed by atoms with Gasteiger partial charge in [-0.2, -0.15) is 0 Å². The summed E-state index contributed by atoms with van der Waals surface area (Å²) < 4.78 is 15.7. The highest BCUT2D eigenvalue weighted by atomic mass is 16.5. The molecule has 4 rings (SSSR count). The fourth-order valence-electron chi connectivity index (χ4n) is 4.19. The summed E-state index contributed by atoms with van der Waals surface area (Å²) in [5.41, 5.74) is 1.24. The first kappa shape index (κ1) is 23.4. The van der Waals surface area contributed by atoms with Crippen LogP contribution in [0, 0.1) is 0 Å². The van der Waals surface area contributed by atoms with Gasteiger partial charge >= 0.3 is 5.97 Å². The molecule has 1 saturated heterocycles. The molecule has 34 heavy (non-hydrogen) atoms. The molecule has 0 spiro atoms. The first-order valence-corrected chi connectivity index (χ1v) is 11.3. The molecular weight excluding hydrogens is 440 g/mol. The summed E-state index contributed by atoms with van der Waals surface area (Å²) in [4.78, 5) is 44.1. The lowest BCUT2D eigenvalue weighted by atomic mass is 10.1. The van der Waals surface area contributed by atoms with Crippen LogP contribution >= 0.6 is 0 Å². The summed E-state index contributed by atoms with van der Waals surface area (Å²) in [6, 6.07) is 8.26. The Morgan fingerprint density at radius 2 is 2.00 bits per heavy atom. The topological polar surface area (TPSA) is 118 Å². The Morgan fingerprint density at radius 3 is 2.65 bits per heavy atom. The number of aromatic amines is 1. The molecule has 3 aromatic rings. The number of anilines is 1. The van der Waals surface area contributed by atoms with Crippen LogP contribution in [0.1, 0.15) is 34.9 Å². The molecule has 0 unspecified atom stereocenters. The van der Waals surface area contributed by atoms with Gasteiger partial charge in [0, 0.05) is 10.9 Å². The summed E-state index contributed by atoms with van der Waals surface area (Å²) in [5.74, 6) is 0.00463. The third kappa shape index (κ3) is 4.62. The van der Waals surface area contributed by atoms with Crippen LogP contribution in [0.4, 0.5) is 5.69 Å². The van der Waals surface area contributed by atoms with Crippen LogP contribution in [-0.2, 0) is 9.53 Å². The van der Waals surface area contributed by atoms with E-state index in [9.17, 15) is 14.4 Å². The maximum Gasteiger partial charge on any atom is 0.356 e. The van der Waals surface area contributed by atoms with E-state index < -0.39 is 12.0 Å². The van der Waals surface area contributed by atoms with Gasteiger partial charge in [0.15, 0.2) is 11.8 Å². The van der Waals surface area contributed by atoms with E-state index in [0.29, 0.717) is 54.3 Å². The number of amides is 2. The Hall–Kier alpha value is -3.79. The number of ether oxygens (including phenoxy) is 2. The van der Waals surface area contributed by atoms with E-state index >= 15 is 0 Å². The predicted octanol–water partition coefficient (Wildman–Crippen LogP) is 1.31. The van der Waals surface area contributed by atoms with Crippen LogP contribution < -0.4 is 15.0 Å². The van der Waals surface area contributed by atoms with Gasteiger partial charge in [0.25, 0.3) is 11.8 Å². The zero-order valence-corrected chi connectivity index (χ0v) is 19.5. The highest BCUT2D eigenvalue weighted by Gasteiger charge is 2.33. The smallest absolute Gasteiger partial charge is 0.356 e. The van der Waals surface area contributed by atoms with Crippen molar-refractivity contribution in [3.05, 3.63) is 48.0 Å². The highest BCUT2D eigenvalue weighted by Crippen LogP contribution is 2.31. The Kier molecular flexibility index (Phi) is 6.87. The zero-order chi connectivity index (χ0) is 24.2. The van der Waals surface area contributed by atoms with Crippen LogP contribution in [0.15, 0.2) is 41.0 Å². The zero-order valence-electron chi connectivity index (χ0n) is 19.5. The minimum Gasteiger partial charge on any atom is -0.497 e. The van der Waals surface area contributed by atoms with E-state index in [0.717, 1.165) is 4.90 Å². The van der Waals surface area contributed by atoms with Crippen molar-refractivity contribution in [2.75, 3.05) is 45.2 Å². The average Bonchev–Trinajstić information content (AvgIpc) is 3.52. The van der Waals surface area contributed by atoms with Gasteiger partial charge < -0.3 is 34.0 Å². The van der Waals surface area contributed by atoms with Crippen molar-refractivity contribution in [1.82, 2.24) is 9.88 Å². The molecule has 0 radical (unpaired) electrons. The van der Waals surface area contributed by atoms with Gasteiger partial charge in [-0.1, -0.05) is 0 Å². The number of nitrogens with one attached hydrogen (secondary N) is 3. The molecule has 3 N–H and O–H groups in total. The summed E-state index contributed by atoms with van der Waals surface area (Å²) in [5, 5.41) is 3.59. The van der Waals surface area contributed by atoms with E-state index in [2.05, 4.69) is 10.3 Å². The second-order valence-electron chi connectivity index (χ2n) is 8.15. The minimum atomic E-state index is -0.544. The molecule has 1 atom stereocenters. The first-order valence-electron chi connectivity index (χ1n) is 11.3. The van der Waals surface area contributed by atoms with Gasteiger partial charge in [0.1, 0.15) is 11.4 Å². The van der Waals surface area contributed by atoms with Crippen molar-refractivity contribution in [2.45, 2.75) is 19.9 Å². The molecule has 0 bridgehead atoms. The fourth-order valence-corrected chi connectivity index (χ4v) is 4.19. The van der Waals surface area contributed by atoms with Crippen LogP contribution in [-0.4, -0.2) is 73.6 Å². The Morgan fingerprint density at radius 1 is 1.24 bits per heavy atom. The highest BCUT2D eigenvalue weighted by molar-refractivity contribution is 6.11. The van der Waals surface area contributed by atoms with E-state index in [-0.39, 0.29) is 24.1 Å². The number of aromatic nitrogens is 1. The van der Waals surface area contributed by atoms with Crippen molar-refractivity contribution in [3.63, 3.8) is 0 Å². The number of esters is 1. The maximum atomic E-state index is 13.2. The summed E-state index contributed by atoms with van der Waals surface area (Å²) in [6.45, 7) is 6.06. The molecule has 1 aromatic carbocycles. The number of furan rings is 1. The lowest BCUT2D eigenvalue weighted by Gasteiger charge is -2.34. The fraction of sp³-hybridized carbons (Fsp3) is 0.375. The second-order valence-corrected chi connectivity index (χ2v) is 8.15. The predicted molar refractivity (Wildman–Crippen MR) is 124 cm³/mol. The number of H-pyrrole nitrogens is 1. The van der Waals surface area contributed by atoms with Crippen LogP contribution in [0.25, 0.3) is 10.9 Å². The van der Waals surface area contributed by atoms with Gasteiger partial charge in [-0.05, 0) is 44.2 Å². The monoisotopic (exact) mass is 469 g/mol. The lowest BCUT2D eigenvalue weighted by molar-refractivity contribution is -0.917. The van der Waals surface area contributed by atoms with Gasteiger partial charge in [-0.3, -0.25) is 9.59 Å². The standard InChI is InChI=1S/C24H28N4O6/c1-4-33-24(31)21-20(17-14-16(32-3)7-8-18(17)25-21)26-22(29)15(2)27-9-11-28(12-10-27)23(30)19-6-5-13-34-19/h5-8,13-15,25H,4,9-12H2,1-3H3,(H,26,29)/p+1/t15-/m0/s1. The maximum absolute atomic E-state index is 13.2. The molecule has 3 heterocycles. The molecule has 1 aliphatic rings. The number of carbonyl (C=O) groups is 3. The van der Waals surface area contributed by atoms with Crippen molar-refractivity contribution in [2.24, 2.45) is 0 Å². The van der Waals surface area contributed by atoms with Crippen LogP contribution in [0.2, 0.25) is 0 Å². The molecule has 0 saturated carbocycles. The van der Waals surface area contributed by atoms with E-state index in [4.69, 9.17) is 13.9 Å². The molecule has 2 amide bonds. The number of methoxy groups -OCH3 is 1. The van der Waals surface area contributed by atoms with E-state index in [1.54, 1.807) is 49.3 Å². The average molecular weight is 470 g/mol. The molecule has 2 aromatic heterocycles. The first-order chi connectivity index (χ1) is 16.4. The number of piperazine rings is 1. The summed E-state index contributed by atoms with van der Waals surface area (Å²) >= 11 is 0. The largest absolute Gasteiger partial charge is 0.497 e. The molecule has 1 fully saturated rings. The van der Waals surface area contributed by atoms with Crippen molar-refractivity contribution >= 4 is 34.4 Å². The van der Waals surface area contributed by atoms with Crippen molar-refractivity contribution < 1.29 is 33.2 Å². The molecule has 0 aliphatic carbocycles. The third-order valence-electron chi connectivity index (χ3n) is 6.16. The lowest BCUT2D eigenvalue weighted by Crippen LogP contribution is -3.19. The minimum absolute atomic E-state index is 0.145. The van der Waals surface area contributed by atoms with Gasteiger partial charge in [-0.25, -0.2) is 4.79 Å². The number of nitrogens with zero attached hydrogens (tertiary/aromatic N) is 1. The molecule has 10 nitrogen and oxygen atoms in total. The summed E-state index contributed by atoms with van der Waals surface area (Å²) in [7, 11) is 1.56. The second kappa shape index (κ2) is 10.0. The number of hydrogen-bond donors (Lipinski definition) is 3.